The molecule has 2 atom stereocenters. The van der Waals surface area contributed by atoms with E-state index in [1.54, 1.807) is 6.07 Å². The number of fused-ring (bicyclic) bond motifs is 3. The average Bonchev–Trinajstić information content (AvgIpc) is 2.97. The smallest absolute Gasteiger partial charge is 0.408 e. The molecule has 0 bridgehead atoms. The van der Waals surface area contributed by atoms with Crippen LogP contribution in [0.3, 0.4) is 0 Å². The Morgan fingerprint density at radius 1 is 1.17 bits per heavy atom. The number of hydrogen-bond donors (Lipinski definition) is 1. The molecule has 35 heavy (non-hydrogen) atoms. The van der Waals surface area contributed by atoms with Gasteiger partial charge < -0.3 is 10.0 Å². The summed E-state index contributed by atoms with van der Waals surface area (Å²) in [5, 5.41) is 12.3. The lowest BCUT2D eigenvalue weighted by atomic mass is 9.94. The van der Waals surface area contributed by atoms with Gasteiger partial charge in [0.05, 0.1) is 16.0 Å². The van der Waals surface area contributed by atoms with Crippen molar-refractivity contribution in [3.05, 3.63) is 92.4 Å². The molecule has 3 aromatic rings. The molecule has 0 saturated heterocycles. The van der Waals surface area contributed by atoms with Crippen molar-refractivity contribution in [2.75, 3.05) is 11.7 Å². The van der Waals surface area contributed by atoms with Gasteiger partial charge in [-0.15, -0.1) is 11.8 Å². The predicted molar refractivity (Wildman–Crippen MR) is 124 cm³/mol. The van der Waals surface area contributed by atoms with Crippen LogP contribution in [-0.2, 0) is 5.75 Å². The number of carbonyl (C=O) groups excluding carboxylic acids is 1. The van der Waals surface area contributed by atoms with Crippen LogP contribution in [0.1, 0.15) is 40.1 Å². The summed E-state index contributed by atoms with van der Waals surface area (Å²) in [6.07, 6.45) is -3.44. The first-order valence-electron chi connectivity index (χ1n) is 10.5. The fourth-order valence-corrected chi connectivity index (χ4v) is 5.54. The molecule has 2 aliphatic heterocycles. The molecule has 3 heterocycles. The third kappa shape index (κ3) is 3.89. The molecule has 1 amide bonds. The van der Waals surface area contributed by atoms with Crippen LogP contribution in [0.4, 0.5) is 13.2 Å². The molecule has 1 unspecified atom stereocenters. The van der Waals surface area contributed by atoms with E-state index >= 15 is 0 Å². The number of halogens is 4. The first-order valence-corrected chi connectivity index (χ1v) is 11.9. The third-order valence-corrected chi connectivity index (χ3v) is 7.47. The summed E-state index contributed by atoms with van der Waals surface area (Å²) in [7, 11) is 0. The highest BCUT2D eigenvalue weighted by Crippen LogP contribution is 2.43. The molecule has 1 aromatic heterocycles. The molecule has 5 rings (SSSR count). The Hall–Kier alpha value is -3.29. The topological polar surface area (TPSA) is 65.8 Å². The van der Waals surface area contributed by atoms with Crippen LogP contribution in [0.5, 0.6) is 5.75 Å². The first-order chi connectivity index (χ1) is 16.6. The number of amides is 1. The Kier molecular flexibility index (Phi) is 5.65. The van der Waals surface area contributed by atoms with Gasteiger partial charge in [0.25, 0.3) is 5.91 Å². The maximum Gasteiger partial charge on any atom is 0.408 e. The summed E-state index contributed by atoms with van der Waals surface area (Å²) in [6, 6.07) is 13.2. The van der Waals surface area contributed by atoms with E-state index in [-0.39, 0.29) is 5.02 Å². The van der Waals surface area contributed by atoms with Gasteiger partial charge in [-0.1, -0.05) is 41.9 Å². The molecule has 0 saturated carbocycles. The minimum atomic E-state index is -4.73. The van der Waals surface area contributed by atoms with Crippen LogP contribution in [0, 0.1) is 12.1 Å². The molecular weight excluding hydrogens is 503 g/mol. The molecule has 0 radical (unpaired) electrons. The monoisotopic (exact) mass is 519 g/mol. The van der Waals surface area contributed by atoms with Crippen molar-refractivity contribution in [3.8, 4) is 5.75 Å². The maximum atomic E-state index is 13.8. The van der Waals surface area contributed by atoms with Gasteiger partial charge in [-0.2, -0.15) is 13.2 Å². The van der Waals surface area contributed by atoms with Crippen LogP contribution in [0.15, 0.2) is 52.3 Å². The lowest BCUT2D eigenvalue weighted by Gasteiger charge is -2.46. The highest BCUT2D eigenvalue weighted by Gasteiger charge is 2.47. The summed E-state index contributed by atoms with van der Waals surface area (Å²) in [6.45, 7) is 0.405. The molecular formula is C24H17ClF3N3O3S. The Labute approximate surface area is 207 Å². The van der Waals surface area contributed by atoms with E-state index < -0.39 is 47.7 Å². The highest BCUT2D eigenvalue weighted by molar-refractivity contribution is 7.98. The molecule has 0 spiro atoms. The standard InChI is InChI=1S/C24H17ClF3N3O3S/c1-13(24(26,27)28)29-12-31(30-9-8-18(32)22(33)21(30)23(29)34)20-16-5-3-2-4-14(16)11-35-19-7-6-15(25)10-17(19)20/h2-5,8-10,13,20,33H,11-12H2,1H3/t13?,20-/m0/s1. The van der Waals surface area contributed by atoms with Gasteiger partial charge in [0, 0.05) is 23.6 Å². The Bertz CT molecular complexity index is 1390. The molecule has 2 aliphatic rings. The van der Waals surface area contributed by atoms with E-state index in [1.165, 1.54) is 27.6 Å². The van der Waals surface area contributed by atoms with Crippen LogP contribution in [-0.4, -0.2) is 39.5 Å². The molecule has 0 aliphatic carbocycles. The summed E-state index contributed by atoms with van der Waals surface area (Å²) in [4.78, 5) is 26.7. The van der Waals surface area contributed by atoms with Crippen molar-refractivity contribution >= 4 is 29.3 Å². The number of aromatic hydroxyl groups is 1. The van der Waals surface area contributed by atoms with Crippen LogP contribution in [0.2, 0.25) is 5.02 Å². The molecule has 6 nitrogen and oxygen atoms in total. The third-order valence-electron chi connectivity index (χ3n) is 6.19. The molecule has 180 valence electrons. The maximum absolute atomic E-state index is 13.8. The van der Waals surface area contributed by atoms with Gasteiger partial charge in [-0.3, -0.25) is 19.3 Å². The number of pyridine rings is 1. The van der Waals surface area contributed by atoms with Crippen LogP contribution in [0.25, 0.3) is 0 Å². The number of aromatic nitrogens is 1. The number of alkyl halides is 3. The Morgan fingerprint density at radius 3 is 2.66 bits per heavy atom. The van der Waals surface area contributed by atoms with Gasteiger partial charge >= 0.3 is 6.18 Å². The van der Waals surface area contributed by atoms with Gasteiger partial charge in [-0.05, 0) is 30.2 Å². The van der Waals surface area contributed by atoms with E-state index in [0.717, 1.165) is 24.1 Å². The summed E-state index contributed by atoms with van der Waals surface area (Å²) in [5.41, 5.74) is 0.972. The van der Waals surface area contributed by atoms with Crippen molar-refractivity contribution in [1.29, 1.82) is 0 Å². The van der Waals surface area contributed by atoms with E-state index in [9.17, 15) is 27.9 Å². The quantitative estimate of drug-likeness (QED) is 0.540. The van der Waals surface area contributed by atoms with E-state index in [2.05, 4.69) is 12.1 Å². The van der Waals surface area contributed by atoms with Crippen molar-refractivity contribution in [3.63, 3.8) is 0 Å². The zero-order valence-corrected chi connectivity index (χ0v) is 19.7. The summed E-state index contributed by atoms with van der Waals surface area (Å²) in [5.74, 6) is -1.43. The fourth-order valence-electron chi connectivity index (χ4n) is 4.36. The van der Waals surface area contributed by atoms with Gasteiger partial charge in [0.15, 0.2) is 11.4 Å². The van der Waals surface area contributed by atoms with Crippen molar-refractivity contribution < 1.29 is 23.1 Å². The first kappa shape index (κ1) is 23.5. The van der Waals surface area contributed by atoms with Gasteiger partial charge in [0.2, 0.25) is 5.43 Å². The number of rotatable bonds is 2. The number of carbonyl (C=O) groups is 1. The molecule has 2 aromatic carbocycles. The minimum absolute atomic E-state index is 0.269. The highest BCUT2D eigenvalue weighted by atomic mass is 35.5. The zero-order valence-electron chi connectivity index (χ0n) is 18.1. The molecule has 1 N–H and O–H groups in total. The Balaban J connectivity index is 1.79. The second kappa shape index (κ2) is 8.43. The number of benzene rings is 1. The van der Waals surface area contributed by atoms with Crippen molar-refractivity contribution in [2.45, 2.75) is 35.8 Å². The average molecular weight is 520 g/mol. The van der Waals surface area contributed by atoms with E-state index in [1.807, 2.05) is 24.3 Å². The minimum Gasteiger partial charge on any atom is -0.502 e. The van der Waals surface area contributed by atoms with Crippen molar-refractivity contribution in [2.24, 2.45) is 0 Å². The van der Waals surface area contributed by atoms with Crippen molar-refractivity contribution in [1.82, 2.24) is 9.58 Å². The van der Waals surface area contributed by atoms with E-state index in [4.69, 9.17) is 11.6 Å². The van der Waals surface area contributed by atoms with Gasteiger partial charge in [0.1, 0.15) is 12.7 Å². The lowest BCUT2D eigenvalue weighted by Crippen LogP contribution is -2.60. The normalized spacial score (nSPS) is 18.2. The lowest BCUT2D eigenvalue weighted by molar-refractivity contribution is -0.173. The number of nitrogens with zero attached hydrogens (tertiary/aromatic N) is 3. The SMILES string of the molecule is CC(N1CN([C@@H]2c3cc(Cl)c#cc3SCc3ccccc32)n2ccc(=O)c(O)c2C1=O)C(F)(F)F. The largest absolute Gasteiger partial charge is 0.502 e. The van der Waals surface area contributed by atoms with Crippen LogP contribution < -0.4 is 10.4 Å². The zero-order chi connectivity index (χ0) is 25.1. The summed E-state index contributed by atoms with van der Waals surface area (Å²) >= 11 is 7.74. The van der Waals surface area contributed by atoms with Crippen LogP contribution >= 0.6 is 23.4 Å². The summed E-state index contributed by atoms with van der Waals surface area (Å²) < 4.78 is 42.5. The van der Waals surface area contributed by atoms with Gasteiger partial charge in [-0.25, -0.2) is 0 Å². The number of thioether (sulfide) groups is 1. The Morgan fingerprint density at radius 2 is 1.91 bits per heavy atom. The fraction of sp³-hybridized carbons (Fsp3) is 0.250. The predicted octanol–water partition coefficient (Wildman–Crippen LogP) is 4.51. The molecule has 11 heteroatoms. The number of hydrogen-bond acceptors (Lipinski definition) is 5. The second-order valence-electron chi connectivity index (χ2n) is 8.21. The molecule has 0 fully saturated rings. The van der Waals surface area contributed by atoms with E-state index in [0.29, 0.717) is 21.1 Å². The second-order valence-corrected chi connectivity index (χ2v) is 9.60.